The summed E-state index contributed by atoms with van der Waals surface area (Å²) in [5, 5.41) is 0.242. The van der Waals surface area contributed by atoms with E-state index >= 15 is 0 Å². The van der Waals surface area contributed by atoms with E-state index in [9.17, 15) is 0 Å². The second-order valence-corrected chi connectivity index (χ2v) is 12.2. The molecule has 0 aromatic heterocycles. The van der Waals surface area contributed by atoms with Gasteiger partial charge in [-0.25, -0.2) is 0 Å². The van der Waals surface area contributed by atoms with Gasteiger partial charge >= 0.3 is 0 Å². The topological polar surface area (TPSA) is 9.23 Å². The van der Waals surface area contributed by atoms with Crippen LogP contribution in [0, 0.1) is 5.92 Å². The van der Waals surface area contributed by atoms with Crippen molar-refractivity contribution in [2.45, 2.75) is 51.7 Å². The summed E-state index contributed by atoms with van der Waals surface area (Å²) in [6, 6.07) is 10.7. The van der Waals surface area contributed by atoms with E-state index in [0.717, 1.165) is 12.8 Å². The molecule has 1 atom stereocenters. The third kappa shape index (κ3) is 4.10. The summed E-state index contributed by atoms with van der Waals surface area (Å²) in [5.41, 5.74) is 1.39. The summed E-state index contributed by atoms with van der Waals surface area (Å²) >= 11 is 0. The van der Waals surface area contributed by atoms with E-state index in [2.05, 4.69) is 82.4 Å². The molecule has 0 heterocycles. The maximum absolute atomic E-state index is 6.58. The smallest absolute Gasteiger partial charge is 0.250 e. The first kappa shape index (κ1) is 16.1. The van der Waals surface area contributed by atoms with Gasteiger partial charge in [0.05, 0.1) is 5.76 Å². The van der Waals surface area contributed by atoms with Crippen LogP contribution in [0.4, 0.5) is 0 Å². The predicted octanol–water partition coefficient (Wildman–Crippen LogP) is 5.71. The Morgan fingerprint density at radius 1 is 1.14 bits per heavy atom. The van der Waals surface area contributed by atoms with Crippen LogP contribution in [0.25, 0.3) is 0 Å². The fourth-order valence-electron chi connectivity index (χ4n) is 2.31. The first-order valence-electron chi connectivity index (χ1n) is 7.89. The van der Waals surface area contributed by atoms with Crippen molar-refractivity contribution in [1.82, 2.24) is 0 Å². The van der Waals surface area contributed by atoms with E-state index in [1.807, 2.05) is 0 Å². The van der Waals surface area contributed by atoms with Crippen molar-refractivity contribution in [3.8, 4) is 0 Å². The third-order valence-electron chi connectivity index (χ3n) is 4.72. The van der Waals surface area contributed by atoms with Gasteiger partial charge in [-0.1, -0.05) is 63.3 Å². The summed E-state index contributed by atoms with van der Waals surface area (Å²) in [6.45, 7) is 11.5. The van der Waals surface area contributed by atoms with Crippen LogP contribution >= 0.6 is 0 Å². The molecule has 1 aliphatic carbocycles. The second-order valence-electron chi connectivity index (χ2n) is 7.48. The summed E-state index contributed by atoms with van der Waals surface area (Å²) in [6.07, 6.45) is 8.72. The highest BCUT2D eigenvalue weighted by Gasteiger charge is 2.40. The molecule has 0 radical (unpaired) electrons. The zero-order chi connectivity index (χ0) is 15.5. The van der Waals surface area contributed by atoms with Crippen LogP contribution in [-0.4, -0.2) is 8.32 Å². The van der Waals surface area contributed by atoms with Crippen LogP contribution in [0.5, 0.6) is 0 Å². The SMILES string of the molecule is CC(C)(C)[Si](C)(C)OC1=CC=CCC1Cc1ccccc1. The summed E-state index contributed by atoms with van der Waals surface area (Å²) in [4.78, 5) is 0. The Labute approximate surface area is 130 Å². The number of allylic oxidation sites excluding steroid dienone is 4. The molecule has 2 rings (SSSR count). The van der Waals surface area contributed by atoms with Crippen molar-refractivity contribution >= 4 is 8.32 Å². The Morgan fingerprint density at radius 3 is 2.43 bits per heavy atom. The molecule has 0 N–H and O–H groups in total. The number of hydrogen-bond donors (Lipinski definition) is 0. The van der Waals surface area contributed by atoms with Crippen LogP contribution in [0.1, 0.15) is 32.8 Å². The van der Waals surface area contributed by atoms with Gasteiger partial charge in [0.15, 0.2) is 0 Å². The molecule has 0 fully saturated rings. The lowest BCUT2D eigenvalue weighted by Crippen LogP contribution is -2.41. The van der Waals surface area contributed by atoms with Gasteiger partial charge in [0, 0.05) is 5.92 Å². The minimum Gasteiger partial charge on any atom is -0.546 e. The normalized spacial score (nSPS) is 19.3. The highest BCUT2D eigenvalue weighted by atomic mass is 28.4. The first-order valence-corrected chi connectivity index (χ1v) is 10.8. The van der Waals surface area contributed by atoms with Gasteiger partial charge in [0.2, 0.25) is 8.32 Å². The van der Waals surface area contributed by atoms with Gasteiger partial charge in [0.1, 0.15) is 0 Å². The van der Waals surface area contributed by atoms with E-state index < -0.39 is 8.32 Å². The lowest BCUT2D eigenvalue weighted by Gasteiger charge is -2.39. The highest BCUT2D eigenvalue weighted by molar-refractivity contribution is 6.74. The predicted molar refractivity (Wildman–Crippen MR) is 93.8 cm³/mol. The van der Waals surface area contributed by atoms with E-state index in [4.69, 9.17) is 4.43 Å². The molecule has 0 spiro atoms. The quantitative estimate of drug-likeness (QED) is 0.647. The van der Waals surface area contributed by atoms with E-state index in [1.165, 1.54) is 11.3 Å². The van der Waals surface area contributed by atoms with Crippen LogP contribution in [0.3, 0.4) is 0 Å². The minimum absolute atomic E-state index is 0.242. The Kier molecular flexibility index (Phi) is 4.77. The van der Waals surface area contributed by atoms with Crippen LogP contribution < -0.4 is 0 Å². The molecule has 114 valence electrons. The average Bonchev–Trinajstić information content (AvgIpc) is 2.40. The molecule has 1 aromatic rings. The summed E-state index contributed by atoms with van der Waals surface area (Å²) < 4.78 is 6.58. The Bertz CT molecular complexity index is 520. The molecule has 1 nitrogen and oxygen atoms in total. The Hall–Kier alpha value is -1.28. The van der Waals surface area contributed by atoms with Crippen LogP contribution in [0.2, 0.25) is 18.1 Å². The zero-order valence-corrected chi connectivity index (χ0v) is 15.0. The maximum atomic E-state index is 6.58. The molecule has 0 saturated heterocycles. The van der Waals surface area contributed by atoms with Gasteiger partial charge in [-0.3, -0.25) is 0 Å². The van der Waals surface area contributed by atoms with Crippen molar-refractivity contribution in [3.05, 3.63) is 59.9 Å². The van der Waals surface area contributed by atoms with Crippen molar-refractivity contribution in [3.63, 3.8) is 0 Å². The van der Waals surface area contributed by atoms with Gasteiger partial charge in [-0.15, -0.1) is 0 Å². The molecule has 0 saturated carbocycles. The van der Waals surface area contributed by atoms with Gasteiger partial charge < -0.3 is 4.43 Å². The maximum Gasteiger partial charge on any atom is 0.250 e. The fraction of sp³-hybridized carbons (Fsp3) is 0.474. The monoisotopic (exact) mass is 300 g/mol. The third-order valence-corrected chi connectivity index (χ3v) is 9.08. The van der Waals surface area contributed by atoms with Gasteiger partial charge in [-0.2, -0.15) is 0 Å². The van der Waals surface area contributed by atoms with Crippen molar-refractivity contribution in [2.75, 3.05) is 0 Å². The lowest BCUT2D eigenvalue weighted by atomic mass is 9.91. The van der Waals surface area contributed by atoms with E-state index in [-0.39, 0.29) is 5.04 Å². The van der Waals surface area contributed by atoms with Crippen molar-refractivity contribution in [1.29, 1.82) is 0 Å². The van der Waals surface area contributed by atoms with Crippen molar-refractivity contribution < 1.29 is 4.43 Å². The molecule has 1 aromatic carbocycles. The molecule has 1 aliphatic rings. The highest BCUT2D eigenvalue weighted by Crippen LogP contribution is 2.40. The number of hydrogen-bond acceptors (Lipinski definition) is 1. The minimum atomic E-state index is -1.75. The van der Waals surface area contributed by atoms with Crippen LogP contribution in [0.15, 0.2) is 54.3 Å². The molecule has 21 heavy (non-hydrogen) atoms. The fourth-order valence-corrected chi connectivity index (χ4v) is 3.44. The van der Waals surface area contributed by atoms with Crippen molar-refractivity contribution in [2.24, 2.45) is 5.92 Å². The summed E-state index contributed by atoms with van der Waals surface area (Å²) in [5.74, 6) is 1.67. The molecular formula is C19H28OSi. The lowest BCUT2D eigenvalue weighted by molar-refractivity contribution is 0.316. The molecule has 0 amide bonds. The molecular weight excluding hydrogens is 272 g/mol. The van der Waals surface area contributed by atoms with Gasteiger partial charge in [0.25, 0.3) is 0 Å². The zero-order valence-electron chi connectivity index (χ0n) is 14.0. The van der Waals surface area contributed by atoms with E-state index in [1.54, 1.807) is 0 Å². The Balaban J connectivity index is 2.13. The number of rotatable bonds is 4. The van der Waals surface area contributed by atoms with E-state index in [0.29, 0.717) is 5.92 Å². The van der Waals surface area contributed by atoms with Crippen LogP contribution in [-0.2, 0) is 10.8 Å². The first-order chi connectivity index (χ1) is 9.79. The second kappa shape index (κ2) is 6.23. The van der Waals surface area contributed by atoms with Gasteiger partial charge in [-0.05, 0) is 42.6 Å². The molecule has 0 bridgehead atoms. The largest absolute Gasteiger partial charge is 0.546 e. The standard InChI is InChI=1S/C19H28OSi/c1-19(2,3)21(4,5)20-18-14-10-9-13-17(18)15-16-11-7-6-8-12-16/h6-12,14,17H,13,15H2,1-5H3. The summed E-state index contributed by atoms with van der Waals surface area (Å²) in [7, 11) is -1.75. The average molecular weight is 301 g/mol. The Morgan fingerprint density at radius 2 is 1.81 bits per heavy atom. The molecule has 2 heteroatoms. The number of benzene rings is 1. The molecule has 1 unspecified atom stereocenters. The molecule has 0 aliphatic heterocycles.